The molecule has 0 aliphatic rings. The Morgan fingerprint density at radius 3 is 2.62 bits per heavy atom. The maximum Gasteiger partial charge on any atom is 0.183 e. The third-order valence-electron chi connectivity index (χ3n) is 1.53. The van der Waals surface area contributed by atoms with Gasteiger partial charge in [0, 0.05) is 0 Å². The Balaban J connectivity index is 2.52. The van der Waals surface area contributed by atoms with E-state index in [-0.39, 0.29) is 5.75 Å². The molecule has 3 nitrogen and oxygen atoms in total. The third kappa shape index (κ3) is 1.71. The average molecular weight is 257 g/mol. The number of benzene rings is 1. The molecular weight excluding hydrogens is 252 g/mol. The molecule has 0 fully saturated rings. The van der Waals surface area contributed by atoms with Crippen LogP contribution in [0.1, 0.15) is 0 Å². The van der Waals surface area contributed by atoms with Crippen molar-refractivity contribution in [2.24, 2.45) is 0 Å². The summed E-state index contributed by atoms with van der Waals surface area (Å²) >= 11 is 4.61. The Bertz CT molecular complexity index is 430. The monoisotopic (exact) mass is 256 g/mol. The largest absolute Gasteiger partial charge is 0.507 e. The van der Waals surface area contributed by atoms with Gasteiger partial charge in [-0.2, -0.15) is 0 Å². The molecule has 5 heteroatoms. The first-order valence-electron chi connectivity index (χ1n) is 3.55. The molecule has 0 atom stereocenters. The summed E-state index contributed by atoms with van der Waals surface area (Å²) in [7, 11) is 0. The van der Waals surface area contributed by atoms with Crippen molar-refractivity contribution >= 4 is 27.3 Å². The van der Waals surface area contributed by atoms with Crippen LogP contribution in [0.15, 0.2) is 28.2 Å². The van der Waals surface area contributed by atoms with Crippen molar-refractivity contribution in [2.75, 3.05) is 0 Å². The van der Waals surface area contributed by atoms with Crippen molar-refractivity contribution in [2.45, 2.75) is 0 Å². The van der Waals surface area contributed by atoms with Crippen LogP contribution >= 0.6 is 27.3 Å². The fourth-order valence-electron chi connectivity index (χ4n) is 0.969. The maximum atomic E-state index is 9.50. The van der Waals surface area contributed by atoms with Crippen LogP contribution in [0.2, 0.25) is 0 Å². The zero-order valence-electron chi connectivity index (χ0n) is 6.44. The van der Waals surface area contributed by atoms with E-state index >= 15 is 0 Å². The van der Waals surface area contributed by atoms with Gasteiger partial charge >= 0.3 is 0 Å². The van der Waals surface area contributed by atoms with Crippen LogP contribution < -0.4 is 0 Å². The second-order valence-electron chi connectivity index (χ2n) is 2.38. The number of nitrogens with zero attached hydrogens (tertiary/aromatic N) is 2. The van der Waals surface area contributed by atoms with E-state index in [9.17, 15) is 5.11 Å². The number of para-hydroxylation sites is 1. The fourth-order valence-corrected chi connectivity index (χ4v) is 2.11. The molecule has 1 N–H and O–H groups in total. The lowest BCUT2D eigenvalue weighted by Crippen LogP contribution is -1.76. The number of hydrogen-bond acceptors (Lipinski definition) is 4. The molecule has 1 heterocycles. The van der Waals surface area contributed by atoms with Gasteiger partial charge < -0.3 is 5.11 Å². The number of phenols is 1. The number of halogens is 1. The fraction of sp³-hybridized carbons (Fsp3) is 0. The molecular formula is C8H5BrN2OS. The van der Waals surface area contributed by atoms with Crippen LogP contribution in [0.3, 0.4) is 0 Å². The first-order chi connectivity index (χ1) is 6.27. The van der Waals surface area contributed by atoms with Crippen molar-refractivity contribution < 1.29 is 5.11 Å². The van der Waals surface area contributed by atoms with Gasteiger partial charge in [0.1, 0.15) is 5.75 Å². The molecule has 2 rings (SSSR count). The van der Waals surface area contributed by atoms with E-state index in [1.165, 1.54) is 11.3 Å². The molecule has 13 heavy (non-hydrogen) atoms. The molecule has 0 radical (unpaired) electrons. The Labute approximate surface area is 87.2 Å². The zero-order valence-corrected chi connectivity index (χ0v) is 8.84. The lowest BCUT2D eigenvalue weighted by atomic mass is 10.2. The molecule has 0 saturated carbocycles. The van der Waals surface area contributed by atoms with Gasteiger partial charge in [-0.3, -0.25) is 0 Å². The molecule has 0 bridgehead atoms. The van der Waals surface area contributed by atoms with Crippen LogP contribution in [0.25, 0.3) is 10.6 Å². The molecule has 2 aromatic rings. The van der Waals surface area contributed by atoms with Gasteiger partial charge in [-0.15, -0.1) is 10.2 Å². The van der Waals surface area contributed by atoms with Crippen molar-refractivity contribution in [3.8, 4) is 16.3 Å². The van der Waals surface area contributed by atoms with E-state index < -0.39 is 0 Å². The van der Waals surface area contributed by atoms with Gasteiger partial charge in [0.15, 0.2) is 8.92 Å². The van der Waals surface area contributed by atoms with Gasteiger partial charge in [0.05, 0.1) is 5.56 Å². The summed E-state index contributed by atoms with van der Waals surface area (Å²) in [5.41, 5.74) is 0.714. The number of hydrogen-bond donors (Lipinski definition) is 1. The summed E-state index contributed by atoms with van der Waals surface area (Å²) in [6.07, 6.45) is 0. The Morgan fingerprint density at radius 2 is 2.00 bits per heavy atom. The number of aromatic hydroxyl groups is 1. The van der Waals surface area contributed by atoms with Crippen LogP contribution in [0, 0.1) is 0 Å². The van der Waals surface area contributed by atoms with Gasteiger partial charge in [-0.05, 0) is 28.1 Å². The minimum atomic E-state index is 0.228. The molecule has 0 spiro atoms. The first-order valence-corrected chi connectivity index (χ1v) is 5.15. The van der Waals surface area contributed by atoms with E-state index in [1.54, 1.807) is 12.1 Å². The van der Waals surface area contributed by atoms with E-state index in [0.717, 1.165) is 0 Å². The highest BCUT2D eigenvalue weighted by atomic mass is 79.9. The summed E-state index contributed by atoms with van der Waals surface area (Å²) in [6.45, 7) is 0. The molecule has 1 aromatic carbocycles. The average Bonchev–Trinajstić information content (AvgIpc) is 2.53. The van der Waals surface area contributed by atoms with Crippen LogP contribution in [-0.2, 0) is 0 Å². The molecule has 0 aliphatic heterocycles. The summed E-state index contributed by atoms with van der Waals surface area (Å²) in [6, 6.07) is 7.06. The molecule has 1 aromatic heterocycles. The third-order valence-corrected chi connectivity index (χ3v) is 2.92. The number of aromatic nitrogens is 2. The summed E-state index contributed by atoms with van der Waals surface area (Å²) in [4.78, 5) is 0. The van der Waals surface area contributed by atoms with Crippen LogP contribution in [0.5, 0.6) is 5.75 Å². The predicted molar refractivity (Wildman–Crippen MR) is 54.7 cm³/mol. The minimum absolute atomic E-state index is 0.228. The number of rotatable bonds is 1. The SMILES string of the molecule is Oc1ccccc1-c1nnc(Br)s1. The minimum Gasteiger partial charge on any atom is -0.507 e. The maximum absolute atomic E-state index is 9.50. The highest BCUT2D eigenvalue weighted by Crippen LogP contribution is 2.32. The van der Waals surface area contributed by atoms with Crippen molar-refractivity contribution in [3.63, 3.8) is 0 Å². The highest BCUT2D eigenvalue weighted by molar-refractivity contribution is 9.11. The molecule has 0 aliphatic carbocycles. The standard InChI is InChI=1S/C8H5BrN2OS/c9-8-11-10-7(13-8)5-3-1-2-4-6(5)12/h1-4,12H. The first kappa shape index (κ1) is 8.65. The normalized spacial score (nSPS) is 10.2. The summed E-state index contributed by atoms with van der Waals surface area (Å²) in [5, 5.41) is 17.9. The lowest BCUT2D eigenvalue weighted by Gasteiger charge is -1.97. The van der Waals surface area contributed by atoms with Crippen LogP contribution in [-0.4, -0.2) is 15.3 Å². The van der Waals surface area contributed by atoms with E-state index in [4.69, 9.17) is 0 Å². The van der Waals surface area contributed by atoms with Gasteiger partial charge in [-0.25, -0.2) is 0 Å². The molecule has 0 amide bonds. The quantitative estimate of drug-likeness (QED) is 0.854. The molecule has 0 saturated heterocycles. The number of phenolic OH excluding ortho intramolecular Hbond substituents is 1. The zero-order chi connectivity index (χ0) is 9.26. The van der Waals surface area contributed by atoms with Crippen LogP contribution in [0.4, 0.5) is 0 Å². The van der Waals surface area contributed by atoms with E-state index in [0.29, 0.717) is 14.5 Å². The lowest BCUT2D eigenvalue weighted by molar-refractivity contribution is 0.477. The summed E-state index contributed by atoms with van der Waals surface area (Å²) in [5.74, 6) is 0.228. The second kappa shape index (κ2) is 3.43. The predicted octanol–water partition coefficient (Wildman–Crippen LogP) is 2.67. The van der Waals surface area contributed by atoms with Crippen molar-refractivity contribution in [1.29, 1.82) is 0 Å². The highest BCUT2D eigenvalue weighted by Gasteiger charge is 2.07. The Morgan fingerprint density at radius 1 is 1.23 bits per heavy atom. The van der Waals surface area contributed by atoms with E-state index in [1.807, 2.05) is 12.1 Å². The van der Waals surface area contributed by atoms with Crippen molar-refractivity contribution in [1.82, 2.24) is 10.2 Å². The molecule has 66 valence electrons. The Kier molecular flexibility index (Phi) is 2.28. The van der Waals surface area contributed by atoms with E-state index in [2.05, 4.69) is 26.1 Å². The summed E-state index contributed by atoms with van der Waals surface area (Å²) < 4.78 is 0.714. The molecule has 0 unspecified atom stereocenters. The Hall–Kier alpha value is -0.940. The van der Waals surface area contributed by atoms with Gasteiger partial charge in [0.25, 0.3) is 0 Å². The smallest absolute Gasteiger partial charge is 0.183 e. The van der Waals surface area contributed by atoms with Gasteiger partial charge in [-0.1, -0.05) is 23.5 Å². The van der Waals surface area contributed by atoms with Crippen molar-refractivity contribution in [3.05, 3.63) is 28.2 Å². The second-order valence-corrected chi connectivity index (χ2v) is 4.63. The topological polar surface area (TPSA) is 46.0 Å². The van der Waals surface area contributed by atoms with Gasteiger partial charge in [0.2, 0.25) is 0 Å².